The van der Waals surface area contributed by atoms with Crippen molar-refractivity contribution in [2.75, 3.05) is 6.61 Å². The van der Waals surface area contributed by atoms with E-state index in [1.807, 2.05) is 19.1 Å². The Morgan fingerprint density at radius 3 is 2.87 bits per heavy atom. The van der Waals surface area contributed by atoms with Crippen molar-refractivity contribution < 1.29 is 14.6 Å². The number of rotatable bonds is 3. The van der Waals surface area contributed by atoms with Gasteiger partial charge in [-0.15, -0.1) is 0 Å². The molecule has 0 unspecified atom stereocenters. The molecule has 1 rings (SSSR count). The highest BCUT2D eigenvalue weighted by molar-refractivity contribution is 5.72. The molecular weight excluding hydrogens is 192 g/mol. The van der Waals surface area contributed by atoms with Gasteiger partial charge in [-0.05, 0) is 19.1 Å². The van der Waals surface area contributed by atoms with Crippen LogP contribution in [-0.2, 0) is 4.79 Å². The monoisotopic (exact) mass is 206 g/mol. The average Bonchev–Trinajstić information content (AvgIpc) is 2.18. The maximum absolute atomic E-state index is 10.8. The second-order valence-electron chi connectivity index (χ2n) is 3.22. The zero-order valence-electron chi connectivity index (χ0n) is 8.86. The van der Waals surface area contributed by atoms with E-state index in [2.05, 4.69) is 0 Å². The summed E-state index contributed by atoms with van der Waals surface area (Å²) in [5, 5.41) is 8.68. The Kier molecular flexibility index (Phi) is 4.06. The van der Waals surface area contributed by atoms with E-state index in [0.29, 0.717) is 5.75 Å². The summed E-state index contributed by atoms with van der Waals surface area (Å²) in [6.07, 6.45) is 3.33. The van der Waals surface area contributed by atoms with Crippen molar-refractivity contribution in [1.82, 2.24) is 0 Å². The lowest BCUT2D eigenvalue weighted by molar-refractivity contribution is -0.131. The molecule has 0 heterocycles. The maximum atomic E-state index is 10.8. The number of aliphatic hydroxyl groups excluding tert-OH is 1. The van der Waals surface area contributed by atoms with Gasteiger partial charge < -0.3 is 9.84 Å². The molecule has 15 heavy (non-hydrogen) atoms. The number of ether oxygens (including phenoxy) is 1. The van der Waals surface area contributed by atoms with Crippen LogP contribution in [0.4, 0.5) is 0 Å². The SMILES string of the molecule is CC(=O)Oc1ccc(C)cc1/C=C\CO. The standard InChI is InChI=1S/C12H14O3/c1-9-5-6-12(15-10(2)14)11(8-9)4-3-7-13/h3-6,8,13H,7H2,1-2H3/b4-3-. The molecule has 1 N–H and O–H groups in total. The summed E-state index contributed by atoms with van der Waals surface area (Å²) in [5.41, 5.74) is 1.86. The van der Waals surface area contributed by atoms with Crippen molar-refractivity contribution in [3.05, 3.63) is 35.4 Å². The highest BCUT2D eigenvalue weighted by Gasteiger charge is 2.03. The fourth-order valence-corrected chi connectivity index (χ4v) is 1.23. The van der Waals surface area contributed by atoms with Crippen LogP contribution in [0, 0.1) is 6.92 Å². The molecule has 0 aliphatic heterocycles. The quantitative estimate of drug-likeness (QED) is 0.607. The van der Waals surface area contributed by atoms with E-state index in [1.165, 1.54) is 6.92 Å². The summed E-state index contributed by atoms with van der Waals surface area (Å²) in [7, 11) is 0. The molecule has 1 aromatic carbocycles. The van der Waals surface area contributed by atoms with Gasteiger partial charge in [-0.1, -0.05) is 23.8 Å². The van der Waals surface area contributed by atoms with Gasteiger partial charge in [-0.2, -0.15) is 0 Å². The van der Waals surface area contributed by atoms with Gasteiger partial charge in [0.15, 0.2) is 0 Å². The first-order chi connectivity index (χ1) is 7.13. The minimum atomic E-state index is -0.350. The highest BCUT2D eigenvalue weighted by Crippen LogP contribution is 2.21. The van der Waals surface area contributed by atoms with Crippen molar-refractivity contribution in [3.63, 3.8) is 0 Å². The number of carbonyl (C=O) groups is 1. The van der Waals surface area contributed by atoms with Gasteiger partial charge in [0.1, 0.15) is 5.75 Å². The number of aryl methyl sites for hydroxylation is 1. The molecule has 0 saturated carbocycles. The van der Waals surface area contributed by atoms with Gasteiger partial charge in [0.2, 0.25) is 0 Å². The van der Waals surface area contributed by atoms with Crippen molar-refractivity contribution in [1.29, 1.82) is 0 Å². The number of benzene rings is 1. The van der Waals surface area contributed by atoms with Gasteiger partial charge in [-0.25, -0.2) is 0 Å². The number of carbonyl (C=O) groups excluding carboxylic acids is 1. The summed E-state index contributed by atoms with van der Waals surface area (Å²) in [6.45, 7) is 3.28. The zero-order chi connectivity index (χ0) is 11.3. The van der Waals surface area contributed by atoms with Crippen molar-refractivity contribution in [3.8, 4) is 5.75 Å². The van der Waals surface area contributed by atoms with Crippen molar-refractivity contribution >= 4 is 12.0 Å². The summed E-state index contributed by atoms with van der Waals surface area (Å²) < 4.78 is 5.03. The fourth-order valence-electron chi connectivity index (χ4n) is 1.23. The number of esters is 1. The van der Waals surface area contributed by atoms with Gasteiger partial charge >= 0.3 is 5.97 Å². The Bertz CT molecular complexity index is 380. The fraction of sp³-hybridized carbons (Fsp3) is 0.250. The average molecular weight is 206 g/mol. The van der Waals surface area contributed by atoms with Crippen LogP contribution in [0.2, 0.25) is 0 Å². The Labute approximate surface area is 89.0 Å². The molecule has 0 amide bonds. The predicted molar refractivity (Wildman–Crippen MR) is 58.6 cm³/mol. The summed E-state index contributed by atoms with van der Waals surface area (Å²) >= 11 is 0. The molecule has 0 radical (unpaired) electrons. The first kappa shape index (κ1) is 11.5. The molecule has 0 saturated heterocycles. The van der Waals surface area contributed by atoms with Crippen LogP contribution >= 0.6 is 0 Å². The predicted octanol–water partition coefficient (Wildman–Crippen LogP) is 1.93. The minimum Gasteiger partial charge on any atom is -0.426 e. The van der Waals surface area contributed by atoms with Crippen LogP contribution in [0.5, 0.6) is 5.75 Å². The third kappa shape index (κ3) is 3.56. The van der Waals surface area contributed by atoms with E-state index in [-0.39, 0.29) is 12.6 Å². The number of hydrogen-bond acceptors (Lipinski definition) is 3. The van der Waals surface area contributed by atoms with Crippen LogP contribution in [-0.4, -0.2) is 17.7 Å². The minimum absolute atomic E-state index is 0.0343. The topological polar surface area (TPSA) is 46.5 Å². The van der Waals surface area contributed by atoms with Crippen LogP contribution in [0.1, 0.15) is 18.1 Å². The van der Waals surface area contributed by atoms with E-state index < -0.39 is 0 Å². The number of aliphatic hydroxyl groups is 1. The molecule has 3 heteroatoms. The molecule has 0 aromatic heterocycles. The van der Waals surface area contributed by atoms with Gasteiger partial charge in [0, 0.05) is 12.5 Å². The molecule has 0 aliphatic carbocycles. The lowest BCUT2D eigenvalue weighted by Gasteiger charge is -2.06. The third-order valence-electron chi connectivity index (χ3n) is 1.82. The maximum Gasteiger partial charge on any atom is 0.308 e. The van der Waals surface area contributed by atoms with Gasteiger partial charge in [0.05, 0.1) is 6.61 Å². The van der Waals surface area contributed by atoms with Crippen molar-refractivity contribution in [2.45, 2.75) is 13.8 Å². The van der Waals surface area contributed by atoms with Gasteiger partial charge in [0.25, 0.3) is 0 Å². The molecule has 0 spiro atoms. The molecule has 0 fully saturated rings. The largest absolute Gasteiger partial charge is 0.426 e. The molecule has 80 valence electrons. The molecular formula is C12H14O3. The molecule has 0 aliphatic rings. The lowest BCUT2D eigenvalue weighted by Crippen LogP contribution is -2.02. The highest BCUT2D eigenvalue weighted by atomic mass is 16.5. The second-order valence-corrected chi connectivity index (χ2v) is 3.22. The lowest BCUT2D eigenvalue weighted by atomic mass is 10.1. The van der Waals surface area contributed by atoms with Crippen LogP contribution in [0.3, 0.4) is 0 Å². The first-order valence-electron chi connectivity index (χ1n) is 4.70. The van der Waals surface area contributed by atoms with Crippen LogP contribution < -0.4 is 4.74 Å². The molecule has 3 nitrogen and oxygen atoms in total. The van der Waals surface area contributed by atoms with Crippen LogP contribution in [0.25, 0.3) is 6.08 Å². The Hall–Kier alpha value is -1.61. The van der Waals surface area contributed by atoms with E-state index in [9.17, 15) is 4.79 Å². The van der Waals surface area contributed by atoms with E-state index in [1.54, 1.807) is 18.2 Å². The first-order valence-corrected chi connectivity index (χ1v) is 4.70. The second kappa shape index (κ2) is 5.32. The Balaban J connectivity index is 3.02. The van der Waals surface area contributed by atoms with Gasteiger partial charge in [-0.3, -0.25) is 4.79 Å². The third-order valence-corrected chi connectivity index (χ3v) is 1.82. The number of hydrogen-bond donors (Lipinski definition) is 1. The van der Waals surface area contributed by atoms with E-state index in [4.69, 9.17) is 9.84 Å². The molecule has 0 bridgehead atoms. The zero-order valence-corrected chi connectivity index (χ0v) is 8.86. The smallest absolute Gasteiger partial charge is 0.308 e. The van der Waals surface area contributed by atoms with Crippen molar-refractivity contribution in [2.24, 2.45) is 0 Å². The van der Waals surface area contributed by atoms with E-state index in [0.717, 1.165) is 11.1 Å². The summed E-state index contributed by atoms with van der Waals surface area (Å²) in [4.78, 5) is 10.8. The van der Waals surface area contributed by atoms with Crippen LogP contribution in [0.15, 0.2) is 24.3 Å². The summed E-state index contributed by atoms with van der Waals surface area (Å²) in [6, 6.07) is 5.51. The Morgan fingerprint density at radius 2 is 2.27 bits per heavy atom. The molecule has 0 atom stereocenters. The normalized spacial score (nSPS) is 10.6. The Morgan fingerprint density at radius 1 is 1.53 bits per heavy atom. The summed E-state index contributed by atoms with van der Waals surface area (Å²) in [5.74, 6) is 0.162. The van der Waals surface area contributed by atoms with E-state index >= 15 is 0 Å². The molecule has 1 aromatic rings.